The Morgan fingerprint density at radius 1 is 1.21 bits per heavy atom. The van der Waals surface area contributed by atoms with Gasteiger partial charge in [0.15, 0.2) is 0 Å². The smallest absolute Gasteiger partial charge is 0.338 e. The van der Waals surface area contributed by atoms with Gasteiger partial charge in [-0.1, -0.05) is 52.4 Å². The van der Waals surface area contributed by atoms with Gasteiger partial charge in [0.2, 0.25) is 0 Å². The molecule has 0 bridgehead atoms. The maximum Gasteiger partial charge on any atom is 0.338 e. The zero-order valence-corrected chi connectivity index (χ0v) is 16.6. The Kier molecular flexibility index (Phi) is 11.2. The van der Waals surface area contributed by atoms with E-state index in [4.69, 9.17) is 5.73 Å². The van der Waals surface area contributed by atoms with Crippen molar-refractivity contribution in [2.24, 2.45) is 11.7 Å². The van der Waals surface area contributed by atoms with Crippen molar-refractivity contribution in [2.75, 3.05) is 5.75 Å². The molecular weight excluding hydrogens is 340 g/mol. The molecule has 0 spiro atoms. The highest BCUT2D eigenvalue weighted by Gasteiger charge is 2.10. The Labute approximate surface area is 154 Å². The van der Waals surface area contributed by atoms with Crippen LogP contribution in [0.1, 0.15) is 70.1 Å². The molecule has 0 atom stereocenters. The Morgan fingerprint density at radius 2 is 1.83 bits per heavy atom. The molecule has 0 unspecified atom stereocenters. The number of thiophene rings is 1. The van der Waals surface area contributed by atoms with Crippen LogP contribution in [0.5, 0.6) is 0 Å². The molecule has 0 aromatic carbocycles. The summed E-state index contributed by atoms with van der Waals surface area (Å²) in [5.74, 6) is 2.02. The molecule has 3 N–H and O–H groups in total. The lowest BCUT2D eigenvalue weighted by molar-refractivity contribution is -0.0462. The van der Waals surface area contributed by atoms with Crippen molar-refractivity contribution < 1.29 is 10.0 Å². The van der Waals surface area contributed by atoms with E-state index in [-0.39, 0.29) is 6.54 Å². The molecule has 0 saturated carbocycles. The molecule has 4 nitrogen and oxygen atoms in total. The number of hydrogen-bond donors (Lipinski definition) is 2. The molecular formula is C18H32N2O2S2. The van der Waals surface area contributed by atoms with Crippen molar-refractivity contribution in [3.8, 4) is 0 Å². The van der Waals surface area contributed by atoms with Crippen LogP contribution in [0.15, 0.2) is 16.3 Å². The van der Waals surface area contributed by atoms with Crippen molar-refractivity contribution in [3.05, 3.63) is 17.0 Å². The first-order chi connectivity index (χ1) is 11.6. The quantitative estimate of drug-likeness (QED) is 0.196. The normalized spacial score (nSPS) is 11.2. The zero-order valence-electron chi connectivity index (χ0n) is 15.0. The minimum Gasteiger partial charge on any atom is -0.350 e. The Bertz CT molecular complexity index is 458. The molecule has 0 radical (unpaired) electrons. The second kappa shape index (κ2) is 12.6. The third-order valence-corrected chi connectivity index (χ3v) is 6.51. The van der Waals surface area contributed by atoms with Crippen LogP contribution in [0.3, 0.4) is 0 Å². The highest BCUT2D eigenvalue weighted by Crippen LogP contribution is 2.30. The Hall–Kier alpha value is -0.720. The van der Waals surface area contributed by atoms with Crippen LogP contribution in [-0.2, 0) is 6.54 Å². The van der Waals surface area contributed by atoms with Crippen LogP contribution < -0.4 is 5.73 Å². The highest BCUT2D eigenvalue weighted by atomic mass is 32.2. The molecule has 1 aromatic rings. The highest BCUT2D eigenvalue weighted by molar-refractivity contribution is 8.01. The molecule has 1 heterocycles. The number of urea groups is 1. The van der Waals surface area contributed by atoms with Crippen LogP contribution >= 0.6 is 23.1 Å². The summed E-state index contributed by atoms with van der Waals surface area (Å²) in [5.41, 5.74) is 5.02. The minimum atomic E-state index is -0.817. The van der Waals surface area contributed by atoms with E-state index in [1.807, 2.05) is 17.8 Å². The number of nitrogens with two attached hydrogens (primary N) is 1. The van der Waals surface area contributed by atoms with E-state index < -0.39 is 6.03 Å². The summed E-state index contributed by atoms with van der Waals surface area (Å²) < 4.78 is 1.24. The SMILES string of the molecule is CCCCC(CCCC)CCCSc1ccc(CN(O)C(N)=O)s1. The van der Waals surface area contributed by atoms with Crippen molar-refractivity contribution >= 4 is 29.1 Å². The summed E-state index contributed by atoms with van der Waals surface area (Å²) in [5, 5.41) is 9.91. The summed E-state index contributed by atoms with van der Waals surface area (Å²) >= 11 is 3.49. The number of hydroxylamine groups is 2. The van der Waals surface area contributed by atoms with E-state index in [1.165, 1.54) is 55.6 Å². The largest absolute Gasteiger partial charge is 0.350 e. The van der Waals surface area contributed by atoms with Gasteiger partial charge in [-0.3, -0.25) is 5.21 Å². The average molecular weight is 373 g/mol. The third-order valence-electron chi connectivity index (χ3n) is 4.13. The van der Waals surface area contributed by atoms with Gasteiger partial charge in [-0.05, 0) is 36.6 Å². The Balaban J connectivity index is 2.28. The van der Waals surface area contributed by atoms with E-state index in [1.54, 1.807) is 11.3 Å². The van der Waals surface area contributed by atoms with E-state index in [0.29, 0.717) is 5.06 Å². The predicted molar refractivity (Wildman–Crippen MR) is 104 cm³/mol. The predicted octanol–water partition coefficient (Wildman–Crippen LogP) is 5.89. The number of unbranched alkanes of at least 4 members (excludes halogenated alkanes) is 2. The lowest BCUT2D eigenvalue weighted by Gasteiger charge is -2.15. The van der Waals surface area contributed by atoms with E-state index in [9.17, 15) is 10.0 Å². The van der Waals surface area contributed by atoms with Gasteiger partial charge in [0.05, 0.1) is 10.8 Å². The maximum atomic E-state index is 10.8. The molecule has 0 aliphatic rings. The molecule has 0 fully saturated rings. The molecule has 138 valence electrons. The van der Waals surface area contributed by atoms with Crippen LogP contribution in [0.4, 0.5) is 4.79 Å². The molecule has 1 aromatic heterocycles. The number of amides is 2. The van der Waals surface area contributed by atoms with Crippen molar-refractivity contribution in [2.45, 2.75) is 76.0 Å². The van der Waals surface area contributed by atoms with Crippen molar-refractivity contribution in [1.82, 2.24) is 5.06 Å². The summed E-state index contributed by atoms with van der Waals surface area (Å²) in [6, 6.07) is 3.19. The van der Waals surface area contributed by atoms with Crippen LogP contribution in [0, 0.1) is 5.92 Å². The van der Waals surface area contributed by atoms with Crippen LogP contribution in [0.25, 0.3) is 0 Å². The number of hydrogen-bond acceptors (Lipinski definition) is 4. The number of primary amides is 1. The van der Waals surface area contributed by atoms with E-state index in [2.05, 4.69) is 19.9 Å². The molecule has 0 aliphatic carbocycles. The van der Waals surface area contributed by atoms with Gasteiger partial charge in [0.25, 0.3) is 0 Å². The minimum absolute atomic E-state index is 0.163. The molecule has 2 amide bonds. The van der Waals surface area contributed by atoms with Gasteiger partial charge in [-0.2, -0.15) is 0 Å². The number of nitrogens with zero attached hydrogens (tertiary/aromatic N) is 1. The topological polar surface area (TPSA) is 66.6 Å². The van der Waals surface area contributed by atoms with Gasteiger partial charge in [0, 0.05) is 4.88 Å². The lowest BCUT2D eigenvalue weighted by Crippen LogP contribution is -2.31. The van der Waals surface area contributed by atoms with Crippen LogP contribution in [0.2, 0.25) is 0 Å². The van der Waals surface area contributed by atoms with Gasteiger partial charge < -0.3 is 5.73 Å². The molecule has 1 rings (SSSR count). The summed E-state index contributed by atoms with van der Waals surface area (Å²) in [4.78, 5) is 11.8. The maximum absolute atomic E-state index is 10.8. The van der Waals surface area contributed by atoms with Gasteiger partial charge >= 0.3 is 6.03 Å². The van der Waals surface area contributed by atoms with E-state index >= 15 is 0 Å². The molecule has 0 aliphatic heterocycles. The monoisotopic (exact) mass is 372 g/mol. The van der Waals surface area contributed by atoms with E-state index in [0.717, 1.165) is 16.5 Å². The molecule has 6 heteroatoms. The standard InChI is InChI=1S/C18H32N2O2S2/c1-3-5-8-15(9-6-4-2)10-7-13-23-17-12-11-16(24-17)14-20(22)18(19)21/h11-12,15,22H,3-10,13-14H2,1-2H3,(H2,19,21). The zero-order chi connectivity index (χ0) is 17.8. The number of thioether (sulfide) groups is 1. The summed E-state index contributed by atoms with van der Waals surface area (Å²) in [6.45, 7) is 4.70. The fourth-order valence-corrected chi connectivity index (χ4v) is 4.91. The first-order valence-corrected chi connectivity index (χ1v) is 10.8. The number of carbonyl (C=O) groups excluding carboxylic acids is 1. The second-order valence-corrected chi connectivity index (χ2v) is 8.82. The Morgan fingerprint density at radius 3 is 2.42 bits per heavy atom. The molecule has 0 saturated heterocycles. The van der Waals surface area contributed by atoms with Crippen molar-refractivity contribution in [3.63, 3.8) is 0 Å². The van der Waals surface area contributed by atoms with Gasteiger partial charge in [-0.15, -0.1) is 23.1 Å². The summed E-state index contributed by atoms with van der Waals surface area (Å²) in [6.07, 6.45) is 10.6. The number of carbonyl (C=O) groups is 1. The second-order valence-electron chi connectivity index (χ2n) is 6.26. The fourth-order valence-electron chi connectivity index (χ4n) is 2.71. The summed E-state index contributed by atoms with van der Waals surface area (Å²) in [7, 11) is 0. The molecule has 24 heavy (non-hydrogen) atoms. The first kappa shape index (κ1) is 21.3. The lowest BCUT2D eigenvalue weighted by atomic mass is 9.92. The van der Waals surface area contributed by atoms with Gasteiger partial charge in [-0.25, -0.2) is 9.86 Å². The van der Waals surface area contributed by atoms with Crippen LogP contribution in [-0.4, -0.2) is 22.1 Å². The number of rotatable bonds is 13. The average Bonchev–Trinajstić information content (AvgIpc) is 3.00. The first-order valence-electron chi connectivity index (χ1n) is 9.04. The van der Waals surface area contributed by atoms with Gasteiger partial charge in [0.1, 0.15) is 0 Å². The van der Waals surface area contributed by atoms with Crippen molar-refractivity contribution in [1.29, 1.82) is 0 Å². The fraction of sp³-hybridized carbons (Fsp3) is 0.722. The third kappa shape index (κ3) is 8.94.